The summed E-state index contributed by atoms with van der Waals surface area (Å²) in [6.45, 7) is 0.514. The Morgan fingerprint density at radius 1 is 1.38 bits per heavy atom. The zero-order chi connectivity index (χ0) is 11.5. The van der Waals surface area contributed by atoms with Crippen LogP contribution in [-0.4, -0.2) is 35.0 Å². The predicted octanol–water partition coefficient (Wildman–Crippen LogP) is 1.09. The summed E-state index contributed by atoms with van der Waals surface area (Å²) in [5, 5.41) is 9.15. The number of rotatable bonds is 3. The van der Waals surface area contributed by atoms with E-state index >= 15 is 0 Å². The van der Waals surface area contributed by atoms with Gasteiger partial charge >= 0.3 is 5.97 Å². The summed E-state index contributed by atoms with van der Waals surface area (Å²) >= 11 is 0. The molecule has 1 amide bonds. The van der Waals surface area contributed by atoms with Crippen LogP contribution in [0.3, 0.4) is 0 Å². The molecule has 1 N–H and O–H groups in total. The lowest BCUT2D eigenvalue weighted by Gasteiger charge is -2.20. The summed E-state index contributed by atoms with van der Waals surface area (Å²) in [6, 6.07) is 8.77. The highest BCUT2D eigenvalue weighted by Crippen LogP contribution is 2.32. The molecule has 0 aromatic heterocycles. The summed E-state index contributed by atoms with van der Waals surface area (Å²) in [5.74, 6) is -1.03. The van der Waals surface area contributed by atoms with Crippen molar-refractivity contribution in [3.05, 3.63) is 35.9 Å². The van der Waals surface area contributed by atoms with Crippen molar-refractivity contribution < 1.29 is 14.7 Å². The number of benzene rings is 1. The Balaban J connectivity index is 2.28. The van der Waals surface area contributed by atoms with E-state index in [1.165, 1.54) is 4.90 Å². The van der Waals surface area contributed by atoms with Crippen LogP contribution in [0.1, 0.15) is 17.9 Å². The van der Waals surface area contributed by atoms with Crippen molar-refractivity contribution in [1.82, 2.24) is 4.90 Å². The standard InChI is InChI=1S/C12H13NO3/c14-8-13-7-6-10(11(13)12(15)16)9-4-2-1-3-5-9/h1-5,8,10-11H,6-7H2,(H,15,16). The van der Waals surface area contributed by atoms with Gasteiger partial charge in [0.1, 0.15) is 6.04 Å². The molecule has 4 heteroatoms. The second-order valence-corrected chi connectivity index (χ2v) is 3.93. The van der Waals surface area contributed by atoms with Crippen molar-refractivity contribution in [2.45, 2.75) is 18.4 Å². The molecule has 1 aromatic carbocycles. The lowest BCUT2D eigenvalue weighted by Crippen LogP contribution is -2.37. The van der Waals surface area contributed by atoms with Crippen molar-refractivity contribution in [2.24, 2.45) is 0 Å². The molecule has 1 aliphatic rings. The Hall–Kier alpha value is -1.84. The average molecular weight is 219 g/mol. The number of carbonyl (C=O) groups is 2. The first kappa shape index (κ1) is 10.7. The van der Waals surface area contributed by atoms with Crippen LogP contribution in [0.2, 0.25) is 0 Å². The molecule has 84 valence electrons. The van der Waals surface area contributed by atoms with E-state index in [9.17, 15) is 9.59 Å². The van der Waals surface area contributed by atoms with Crippen molar-refractivity contribution in [2.75, 3.05) is 6.54 Å². The summed E-state index contributed by atoms with van der Waals surface area (Å²) in [4.78, 5) is 23.3. The van der Waals surface area contributed by atoms with Crippen molar-refractivity contribution >= 4 is 12.4 Å². The molecule has 2 rings (SSSR count). The summed E-state index contributed by atoms with van der Waals surface area (Å²) < 4.78 is 0. The van der Waals surface area contributed by atoms with Gasteiger partial charge in [0.25, 0.3) is 0 Å². The second-order valence-electron chi connectivity index (χ2n) is 3.93. The van der Waals surface area contributed by atoms with Gasteiger partial charge in [-0.15, -0.1) is 0 Å². The van der Waals surface area contributed by atoms with Crippen LogP contribution in [0.5, 0.6) is 0 Å². The number of nitrogens with zero attached hydrogens (tertiary/aromatic N) is 1. The van der Waals surface area contributed by atoms with Crippen molar-refractivity contribution in [1.29, 1.82) is 0 Å². The van der Waals surface area contributed by atoms with Gasteiger partial charge in [0.05, 0.1) is 0 Å². The van der Waals surface area contributed by atoms with Crippen molar-refractivity contribution in [3.8, 4) is 0 Å². The molecule has 2 unspecified atom stereocenters. The Morgan fingerprint density at radius 2 is 2.06 bits per heavy atom. The number of hydrogen-bond donors (Lipinski definition) is 1. The highest BCUT2D eigenvalue weighted by molar-refractivity contribution is 5.78. The molecule has 1 saturated heterocycles. The summed E-state index contributed by atoms with van der Waals surface area (Å²) in [6.07, 6.45) is 1.33. The topological polar surface area (TPSA) is 57.6 Å². The van der Waals surface area contributed by atoms with Crippen LogP contribution in [0.25, 0.3) is 0 Å². The highest BCUT2D eigenvalue weighted by atomic mass is 16.4. The molecular formula is C12H13NO3. The first-order valence-corrected chi connectivity index (χ1v) is 5.23. The van der Waals surface area contributed by atoms with E-state index in [1.54, 1.807) is 0 Å². The van der Waals surface area contributed by atoms with Gasteiger partial charge in [0.15, 0.2) is 0 Å². The maximum atomic E-state index is 11.2. The lowest BCUT2D eigenvalue weighted by molar-refractivity contribution is -0.145. The van der Waals surface area contributed by atoms with Crippen LogP contribution < -0.4 is 0 Å². The van der Waals surface area contributed by atoms with Gasteiger partial charge in [-0.1, -0.05) is 30.3 Å². The number of carboxylic acid groups (broad SMARTS) is 1. The molecule has 1 fully saturated rings. The molecule has 0 bridgehead atoms. The van der Waals surface area contributed by atoms with E-state index < -0.39 is 12.0 Å². The largest absolute Gasteiger partial charge is 0.480 e. The Labute approximate surface area is 93.5 Å². The Morgan fingerprint density at radius 3 is 2.62 bits per heavy atom. The van der Waals surface area contributed by atoms with Gasteiger partial charge in [-0.25, -0.2) is 4.79 Å². The lowest BCUT2D eigenvalue weighted by atomic mass is 9.92. The second kappa shape index (κ2) is 4.35. The molecule has 4 nitrogen and oxygen atoms in total. The number of hydrogen-bond acceptors (Lipinski definition) is 2. The molecular weight excluding hydrogens is 206 g/mol. The fourth-order valence-corrected chi connectivity index (χ4v) is 2.30. The minimum absolute atomic E-state index is 0.0936. The summed E-state index contributed by atoms with van der Waals surface area (Å²) in [5.41, 5.74) is 0.985. The normalized spacial score (nSPS) is 24.4. The number of amides is 1. The molecule has 1 aliphatic heterocycles. The van der Waals surface area contributed by atoms with E-state index in [0.717, 1.165) is 5.56 Å². The third-order valence-corrected chi connectivity index (χ3v) is 3.05. The van der Waals surface area contributed by atoms with Crippen LogP contribution in [0.4, 0.5) is 0 Å². The predicted molar refractivity (Wildman–Crippen MR) is 58.0 cm³/mol. The molecule has 16 heavy (non-hydrogen) atoms. The van der Waals surface area contributed by atoms with E-state index in [2.05, 4.69) is 0 Å². The fraction of sp³-hybridized carbons (Fsp3) is 0.333. The molecule has 0 saturated carbocycles. The zero-order valence-corrected chi connectivity index (χ0v) is 8.74. The van der Waals surface area contributed by atoms with Crippen LogP contribution in [-0.2, 0) is 9.59 Å². The number of carbonyl (C=O) groups excluding carboxylic acids is 1. The molecule has 0 spiro atoms. The number of carboxylic acids is 1. The third-order valence-electron chi connectivity index (χ3n) is 3.05. The maximum Gasteiger partial charge on any atom is 0.327 e. The van der Waals surface area contributed by atoms with E-state index in [0.29, 0.717) is 19.4 Å². The van der Waals surface area contributed by atoms with Gasteiger partial charge in [-0.3, -0.25) is 4.79 Å². The average Bonchev–Trinajstić information content (AvgIpc) is 2.73. The van der Waals surface area contributed by atoms with E-state index in [-0.39, 0.29) is 5.92 Å². The number of likely N-dealkylation sites (tertiary alicyclic amines) is 1. The van der Waals surface area contributed by atoms with Gasteiger partial charge in [-0.05, 0) is 12.0 Å². The minimum Gasteiger partial charge on any atom is -0.480 e. The van der Waals surface area contributed by atoms with Gasteiger partial charge < -0.3 is 10.0 Å². The Bertz CT molecular complexity index is 391. The van der Waals surface area contributed by atoms with Gasteiger partial charge in [0, 0.05) is 12.5 Å². The fourth-order valence-electron chi connectivity index (χ4n) is 2.30. The monoisotopic (exact) mass is 219 g/mol. The van der Waals surface area contributed by atoms with E-state index in [1.807, 2.05) is 30.3 Å². The third kappa shape index (κ3) is 1.78. The Kier molecular flexibility index (Phi) is 2.90. The summed E-state index contributed by atoms with van der Waals surface area (Å²) in [7, 11) is 0. The first-order valence-electron chi connectivity index (χ1n) is 5.23. The molecule has 0 radical (unpaired) electrons. The van der Waals surface area contributed by atoms with Gasteiger partial charge in [-0.2, -0.15) is 0 Å². The molecule has 1 heterocycles. The SMILES string of the molecule is O=CN1CCC(c2ccccc2)C1C(=O)O. The van der Waals surface area contributed by atoms with E-state index in [4.69, 9.17) is 5.11 Å². The molecule has 0 aliphatic carbocycles. The quantitative estimate of drug-likeness (QED) is 0.774. The zero-order valence-electron chi connectivity index (χ0n) is 8.74. The maximum absolute atomic E-state index is 11.2. The van der Waals surface area contributed by atoms with Gasteiger partial charge in [0.2, 0.25) is 6.41 Å². The molecule has 2 atom stereocenters. The first-order chi connectivity index (χ1) is 7.74. The van der Waals surface area contributed by atoms with Crippen LogP contribution in [0.15, 0.2) is 30.3 Å². The van der Waals surface area contributed by atoms with Crippen LogP contribution in [0, 0.1) is 0 Å². The smallest absolute Gasteiger partial charge is 0.327 e. The molecule has 1 aromatic rings. The number of aliphatic carboxylic acids is 1. The highest BCUT2D eigenvalue weighted by Gasteiger charge is 2.39. The van der Waals surface area contributed by atoms with Crippen LogP contribution >= 0.6 is 0 Å². The minimum atomic E-state index is -0.932. The van der Waals surface area contributed by atoms with Crippen molar-refractivity contribution in [3.63, 3.8) is 0 Å².